The largest absolute Gasteiger partial charge is 0.351 e. The Morgan fingerprint density at radius 2 is 2.55 bits per heavy atom. The van der Waals surface area contributed by atoms with Gasteiger partial charge in [0.15, 0.2) is 5.82 Å². The summed E-state index contributed by atoms with van der Waals surface area (Å²) in [5.74, 6) is 1.11. The molecule has 1 saturated heterocycles. The Hall–Kier alpha value is -1.10. The van der Waals surface area contributed by atoms with Crippen molar-refractivity contribution in [1.82, 2.24) is 15.5 Å². The molecule has 1 atom stereocenters. The van der Waals surface area contributed by atoms with Gasteiger partial charge in [-0.25, -0.2) is 0 Å². The second-order valence-electron chi connectivity index (χ2n) is 2.68. The summed E-state index contributed by atoms with van der Waals surface area (Å²) in [5.41, 5.74) is 5.29. The highest BCUT2D eigenvalue weighted by atomic mass is 16.5. The third-order valence-corrected chi connectivity index (χ3v) is 1.88. The summed E-state index contributed by atoms with van der Waals surface area (Å²) in [6.45, 7) is 1.96. The van der Waals surface area contributed by atoms with Crippen molar-refractivity contribution in [3.05, 3.63) is 5.82 Å². The smallest absolute Gasteiger partial charge is 0.318 e. The van der Waals surface area contributed by atoms with Crippen LogP contribution in [0, 0.1) is 0 Å². The average molecular weight is 154 g/mol. The molecule has 1 fully saturated rings. The Kier molecular flexibility index (Phi) is 1.50. The van der Waals surface area contributed by atoms with E-state index >= 15 is 0 Å². The summed E-state index contributed by atoms with van der Waals surface area (Å²) in [6.07, 6.45) is 1.07. The number of nitrogens with zero attached hydrogens (tertiary/aromatic N) is 2. The highest BCUT2D eigenvalue weighted by Gasteiger charge is 2.21. The fourth-order valence-corrected chi connectivity index (χ4v) is 1.29. The topological polar surface area (TPSA) is 77.0 Å². The lowest BCUT2D eigenvalue weighted by molar-refractivity contribution is 0.421. The molecule has 0 spiro atoms. The minimum Gasteiger partial charge on any atom is -0.351 e. The number of hydrogen-bond donors (Lipinski definition) is 2. The van der Waals surface area contributed by atoms with Crippen molar-refractivity contribution in [3.8, 4) is 0 Å². The van der Waals surface area contributed by atoms with E-state index < -0.39 is 0 Å². The van der Waals surface area contributed by atoms with Crippen LogP contribution in [0.25, 0.3) is 0 Å². The Bertz CT molecular complexity index is 240. The van der Waals surface area contributed by atoms with Gasteiger partial charge in [-0.15, -0.1) is 0 Å². The van der Waals surface area contributed by atoms with Gasteiger partial charge in [-0.1, -0.05) is 5.16 Å². The van der Waals surface area contributed by atoms with Crippen LogP contribution in [0.2, 0.25) is 0 Å². The Balaban J connectivity index is 2.15. The molecule has 5 heteroatoms. The summed E-state index contributed by atoms with van der Waals surface area (Å²) in [6, 6.07) is 0.159. The molecular weight excluding hydrogens is 144 g/mol. The molecule has 0 aliphatic carbocycles. The first kappa shape index (κ1) is 6.60. The minimum absolute atomic E-state index is 0.159. The molecule has 3 N–H and O–H groups in total. The quantitative estimate of drug-likeness (QED) is 0.582. The molecule has 1 aromatic heterocycles. The van der Waals surface area contributed by atoms with Gasteiger partial charge in [0.05, 0.1) is 0 Å². The number of nitrogens with two attached hydrogens (primary N) is 1. The van der Waals surface area contributed by atoms with E-state index in [1.807, 2.05) is 0 Å². The van der Waals surface area contributed by atoms with Gasteiger partial charge in [0, 0.05) is 12.5 Å². The first-order chi connectivity index (χ1) is 5.36. The van der Waals surface area contributed by atoms with Crippen LogP contribution >= 0.6 is 0 Å². The van der Waals surface area contributed by atoms with Crippen LogP contribution in [0.3, 0.4) is 0 Å². The van der Waals surface area contributed by atoms with E-state index in [2.05, 4.69) is 20.0 Å². The number of rotatable bonds is 1. The molecule has 1 aliphatic rings. The molecule has 0 saturated carbocycles. The highest BCUT2D eigenvalue weighted by molar-refractivity contribution is 5.10. The zero-order valence-electron chi connectivity index (χ0n) is 6.08. The maximum Gasteiger partial charge on any atom is 0.318 e. The maximum atomic E-state index is 5.29. The SMILES string of the molecule is Nc1nc(C2CCNC2)no1. The lowest BCUT2D eigenvalue weighted by Gasteiger charge is -1.97. The Labute approximate surface area is 64.0 Å². The van der Waals surface area contributed by atoms with Gasteiger partial charge < -0.3 is 15.6 Å². The fourth-order valence-electron chi connectivity index (χ4n) is 1.29. The summed E-state index contributed by atoms with van der Waals surface area (Å²) >= 11 is 0. The molecule has 0 bridgehead atoms. The average Bonchev–Trinajstić information content (AvgIpc) is 2.55. The van der Waals surface area contributed by atoms with Crippen LogP contribution in [0.15, 0.2) is 4.52 Å². The van der Waals surface area contributed by atoms with Crippen LogP contribution in [0.1, 0.15) is 18.2 Å². The number of hydrogen-bond acceptors (Lipinski definition) is 5. The normalized spacial score (nSPS) is 24.2. The van der Waals surface area contributed by atoms with Gasteiger partial charge in [-0.05, 0) is 13.0 Å². The van der Waals surface area contributed by atoms with Crippen molar-refractivity contribution in [2.75, 3.05) is 18.8 Å². The zero-order valence-corrected chi connectivity index (χ0v) is 6.08. The third-order valence-electron chi connectivity index (χ3n) is 1.88. The van der Waals surface area contributed by atoms with Gasteiger partial charge in [-0.2, -0.15) is 4.98 Å². The van der Waals surface area contributed by atoms with E-state index in [-0.39, 0.29) is 6.01 Å². The Morgan fingerprint density at radius 3 is 3.09 bits per heavy atom. The summed E-state index contributed by atoms with van der Waals surface area (Å²) in [7, 11) is 0. The van der Waals surface area contributed by atoms with Crippen LogP contribution < -0.4 is 11.1 Å². The molecule has 5 nitrogen and oxygen atoms in total. The highest BCUT2D eigenvalue weighted by Crippen LogP contribution is 2.19. The monoisotopic (exact) mass is 154 g/mol. The first-order valence-corrected chi connectivity index (χ1v) is 3.66. The van der Waals surface area contributed by atoms with Crippen molar-refractivity contribution in [3.63, 3.8) is 0 Å². The molecule has 1 unspecified atom stereocenters. The zero-order chi connectivity index (χ0) is 7.68. The molecule has 1 aliphatic heterocycles. The van der Waals surface area contributed by atoms with Gasteiger partial charge >= 0.3 is 6.01 Å². The summed E-state index contributed by atoms with van der Waals surface area (Å²) < 4.78 is 4.67. The summed E-state index contributed by atoms with van der Waals surface area (Å²) in [4.78, 5) is 3.95. The lowest BCUT2D eigenvalue weighted by atomic mass is 10.1. The molecule has 2 rings (SSSR count). The van der Waals surface area contributed by atoms with E-state index in [9.17, 15) is 0 Å². The van der Waals surface area contributed by atoms with Crippen molar-refractivity contribution < 1.29 is 4.52 Å². The first-order valence-electron chi connectivity index (χ1n) is 3.66. The van der Waals surface area contributed by atoms with Gasteiger partial charge in [0.25, 0.3) is 0 Å². The second kappa shape index (κ2) is 2.50. The lowest BCUT2D eigenvalue weighted by Crippen LogP contribution is -2.08. The second-order valence-corrected chi connectivity index (χ2v) is 2.68. The number of nitrogens with one attached hydrogen (secondary N) is 1. The van der Waals surface area contributed by atoms with E-state index in [4.69, 9.17) is 5.73 Å². The standard InChI is InChI=1S/C6H10N4O/c7-6-9-5(10-11-6)4-1-2-8-3-4/h4,8H,1-3H2,(H2,7,9,10). The minimum atomic E-state index is 0.159. The predicted octanol–water partition coefficient (Wildman–Crippen LogP) is -0.271. The Morgan fingerprint density at radius 1 is 1.64 bits per heavy atom. The van der Waals surface area contributed by atoms with E-state index in [0.29, 0.717) is 5.92 Å². The van der Waals surface area contributed by atoms with Crippen molar-refractivity contribution in [1.29, 1.82) is 0 Å². The predicted molar refractivity (Wildman–Crippen MR) is 38.9 cm³/mol. The maximum absolute atomic E-state index is 5.29. The van der Waals surface area contributed by atoms with Gasteiger partial charge in [0.1, 0.15) is 0 Å². The number of nitrogen functional groups attached to an aromatic ring is 1. The van der Waals surface area contributed by atoms with Gasteiger partial charge in [-0.3, -0.25) is 0 Å². The molecular formula is C6H10N4O. The molecule has 2 heterocycles. The van der Waals surface area contributed by atoms with Crippen LogP contribution in [-0.4, -0.2) is 23.2 Å². The third kappa shape index (κ3) is 1.19. The van der Waals surface area contributed by atoms with E-state index in [1.54, 1.807) is 0 Å². The van der Waals surface area contributed by atoms with Crippen molar-refractivity contribution >= 4 is 6.01 Å². The molecule has 0 radical (unpaired) electrons. The molecule has 0 amide bonds. The fraction of sp³-hybridized carbons (Fsp3) is 0.667. The van der Waals surface area contributed by atoms with Crippen LogP contribution in [0.5, 0.6) is 0 Å². The molecule has 1 aromatic rings. The molecule has 0 aromatic carbocycles. The van der Waals surface area contributed by atoms with Crippen molar-refractivity contribution in [2.45, 2.75) is 12.3 Å². The van der Waals surface area contributed by atoms with Gasteiger partial charge in [0.2, 0.25) is 0 Å². The van der Waals surface area contributed by atoms with Crippen LogP contribution in [-0.2, 0) is 0 Å². The van der Waals surface area contributed by atoms with Crippen LogP contribution in [0.4, 0.5) is 6.01 Å². The summed E-state index contributed by atoms with van der Waals surface area (Å²) in [5, 5.41) is 6.96. The number of anilines is 1. The van der Waals surface area contributed by atoms with Crippen molar-refractivity contribution in [2.24, 2.45) is 0 Å². The number of aromatic nitrogens is 2. The van der Waals surface area contributed by atoms with E-state index in [0.717, 1.165) is 25.3 Å². The molecule has 11 heavy (non-hydrogen) atoms. The molecule has 60 valence electrons. The van der Waals surface area contributed by atoms with E-state index in [1.165, 1.54) is 0 Å².